The number of hydrogen-bond acceptors (Lipinski definition) is 2. The molecule has 0 aromatic heterocycles. The third-order valence-electron chi connectivity index (χ3n) is 4.76. The summed E-state index contributed by atoms with van der Waals surface area (Å²) in [6, 6.07) is 6.59. The topological polar surface area (TPSA) is 26.3 Å². The Balaban J connectivity index is 1.91. The van der Waals surface area contributed by atoms with Crippen molar-refractivity contribution in [1.29, 1.82) is 0 Å². The SMILES string of the molecule is CCC1CCC(c2ccc(C(=O)OCC(F)(F)C(F)F)cc2)CC1. The summed E-state index contributed by atoms with van der Waals surface area (Å²) < 4.78 is 53.9. The maximum Gasteiger partial charge on any atom is 0.340 e. The Morgan fingerprint density at radius 3 is 2.25 bits per heavy atom. The molecule has 6 heteroatoms. The number of alkyl halides is 4. The van der Waals surface area contributed by atoms with Gasteiger partial charge in [0, 0.05) is 0 Å². The second-order valence-electron chi connectivity index (χ2n) is 6.39. The van der Waals surface area contributed by atoms with Gasteiger partial charge in [-0.05, 0) is 55.2 Å². The molecule has 0 spiro atoms. The van der Waals surface area contributed by atoms with Crippen LogP contribution in [-0.2, 0) is 4.74 Å². The Labute approximate surface area is 139 Å². The molecule has 1 aliphatic rings. The molecule has 0 aliphatic heterocycles. The van der Waals surface area contributed by atoms with Crippen LogP contribution < -0.4 is 0 Å². The van der Waals surface area contributed by atoms with Gasteiger partial charge in [-0.2, -0.15) is 8.78 Å². The first kappa shape index (κ1) is 18.7. The predicted octanol–water partition coefficient (Wildman–Crippen LogP) is 5.43. The summed E-state index contributed by atoms with van der Waals surface area (Å²) in [6.45, 7) is 0.579. The number of benzene rings is 1. The highest BCUT2D eigenvalue weighted by Gasteiger charge is 2.42. The van der Waals surface area contributed by atoms with Gasteiger partial charge in [-0.1, -0.05) is 25.5 Å². The molecule has 0 unspecified atom stereocenters. The van der Waals surface area contributed by atoms with E-state index in [4.69, 9.17) is 0 Å². The zero-order valence-corrected chi connectivity index (χ0v) is 13.6. The second kappa shape index (κ2) is 7.99. The summed E-state index contributed by atoms with van der Waals surface area (Å²) in [4.78, 5) is 11.7. The summed E-state index contributed by atoms with van der Waals surface area (Å²) >= 11 is 0. The normalized spacial score (nSPS) is 21.8. The van der Waals surface area contributed by atoms with E-state index >= 15 is 0 Å². The molecule has 1 aromatic carbocycles. The zero-order chi connectivity index (χ0) is 17.7. The van der Waals surface area contributed by atoms with Crippen LogP contribution in [0.4, 0.5) is 17.6 Å². The molecule has 134 valence electrons. The van der Waals surface area contributed by atoms with Crippen molar-refractivity contribution in [3.63, 3.8) is 0 Å². The lowest BCUT2D eigenvalue weighted by Gasteiger charge is -2.28. The fourth-order valence-corrected chi connectivity index (χ4v) is 3.10. The summed E-state index contributed by atoms with van der Waals surface area (Å²) in [5.74, 6) is -4.11. The van der Waals surface area contributed by atoms with E-state index in [9.17, 15) is 22.4 Å². The Bertz CT molecular complexity index is 534. The lowest BCUT2D eigenvalue weighted by atomic mass is 9.78. The molecule has 1 aromatic rings. The molecule has 0 amide bonds. The molecule has 0 saturated heterocycles. The maximum absolute atomic E-state index is 12.8. The number of rotatable bonds is 6. The summed E-state index contributed by atoms with van der Waals surface area (Å²) in [5, 5.41) is 0. The average molecular weight is 346 g/mol. The van der Waals surface area contributed by atoms with Gasteiger partial charge in [0.2, 0.25) is 0 Å². The van der Waals surface area contributed by atoms with Crippen molar-refractivity contribution in [2.45, 2.75) is 57.3 Å². The van der Waals surface area contributed by atoms with E-state index in [-0.39, 0.29) is 5.56 Å². The molecule has 0 heterocycles. The predicted molar refractivity (Wildman–Crippen MR) is 82.7 cm³/mol. The van der Waals surface area contributed by atoms with E-state index in [1.807, 2.05) is 0 Å². The highest BCUT2D eigenvalue weighted by atomic mass is 19.3. The van der Waals surface area contributed by atoms with Crippen LogP contribution in [-0.4, -0.2) is 24.9 Å². The number of esters is 1. The van der Waals surface area contributed by atoms with Crippen LogP contribution in [0.3, 0.4) is 0 Å². The van der Waals surface area contributed by atoms with Gasteiger partial charge in [0.25, 0.3) is 0 Å². The largest absolute Gasteiger partial charge is 0.455 e. The van der Waals surface area contributed by atoms with Crippen molar-refractivity contribution in [2.24, 2.45) is 5.92 Å². The van der Waals surface area contributed by atoms with Gasteiger partial charge in [-0.15, -0.1) is 0 Å². The van der Waals surface area contributed by atoms with E-state index in [1.54, 1.807) is 12.1 Å². The van der Waals surface area contributed by atoms with E-state index in [0.717, 1.165) is 24.3 Å². The van der Waals surface area contributed by atoms with E-state index in [2.05, 4.69) is 11.7 Å². The van der Waals surface area contributed by atoms with Crippen LogP contribution >= 0.6 is 0 Å². The standard InChI is InChI=1S/C18H22F4O2/c1-2-12-3-5-13(6-4-12)14-7-9-15(10-8-14)16(23)24-11-18(21,22)17(19)20/h7-10,12-13,17H,2-6,11H2,1H3. The van der Waals surface area contributed by atoms with Crippen LogP contribution in [0.25, 0.3) is 0 Å². The monoisotopic (exact) mass is 346 g/mol. The molecule has 0 N–H and O–H groups in total. The Kier molecular flexibility index (Phi) is 6.24. The second-order valence-corrected chi connectivity index (χ2v) is 6.39. The van der Waals surface area contributed by atoms with Crippen molar-refractivity contribution in [1.82, 2.24) is 0 Å². The van der Waals surface area contributed by atoms with Gasteiger partial charge in [-0.3, -0.25) is 0 Å². The van der Waals surface area contributed by atoms with Gasteiger partial charge in [0.1, 0.15) is 0 Å². The minimum Gasteiger partial charge on any atom is -0.455 e. The zero-order valence-electron chi connectivity index (χ0n) is 13.6. The minimum absolute atomic E-state index is 0.0889. The molecule has 0 atom stereocenters. The quantitative estimate of drug-likeness (QED) is 0.507. The number of halogens is 4. The van der Waals surface area contributed by atoms with Gasteiger partial charge < -0.3 is 4.74 Å². The highest BCUT2D eigenvalue weighted by molar-refractivity contribution is 5.89. The van der Waals surface area contributed by atoms with Crippen molar-refractivity contribution >= 4 is 5.97 Å². The summed E-state index contributed by atoms with van der Waals surface area (Å²) in [6.07, 6.45) is 1.92. The Morgan fingerprint density at radius 1 is 1.17 bits per heavy atom. The average Bonchev–Trinajstić information content (AvgIpc) is 2.60. The number of hydrogen-bond donors (Lipinski definition) is 0. The van der Waals surface area contributed by atoms with Gasteiger partial charge in [0.15, 0.2) is 6.61 Å². The van der Waals surface area contributed by atoms with Gasteiger partial charge >= 0.3 is 18.3 Å². The molecule has 1 fully saturated rings. The first-order valence-electron chi connectivity index (χ1n) is 8.26. The summed E-state index contributed by atoms with van der Waals surface area (Å²) in [5.41, 5.74) is 1.20. The molecule has 0 bridgehead atoms. The molecule has 2 nitrogen and oxygen atoms in total. The molecule has 2 rings (SSSR count). The third-order valence-corrected chi connectivity index (χ3v) is 4.76. The lowest BCUT2D eigenvalue weighted by molar-refractivity contribution is -0.155. The highest BCUT2D eigenvalue weighted by Crippen LogP contribution is 2.37. The van der Waals surface area contributed by atoms with Crippen LogP contribution in [0.5, 0.6) is 0 Å². The Morgan fingerprint density at radius 2 is 1.75 bits per heavy atom. The smallest absolute Gasteiger partial charge is 0.340 e. The van der Waals surface area contributed by atoms with E-state index in [0.29, 0.717) is 5.92 Å². The molecular weight excluding hydrogens is 324 g/mol. The van der Waals surface area contributed by atoms with E-state index in [1.165, 1.54) is 31.4 Å². The lowest BCUT2D eigenvalue weighted by Crippen LogP contribution is -2.33. The molecule has 24 heavy (non-hydrogen) atoms. The Hall–Kier alpha value is -1.59. The van der Waals surface area contributed by atoms with Crippen LogP contribution in [0.2, 0.25) is 0 Å². The molecule has 1 aliphatic carbocycles. The first-order valence-corrected chi connectivity index (χ1v) is 8.26. The fraction of sp³-hybridized carbons (Fsp3) is 0.611. The third kappa shape index (κ3) is 4.71. The number of ether oxygens (including phenoxy) is 1. The summed E-state index contributed by atoms with van der Waals surface area (Å²) in [7, 11) is 0. The van der Waals surface area contributed by atoms with Crippen molar-refractivity contribution in [3.8, 4) is 0 Å². The minimum atomic E-state index is -4.33. The number of carbonyl (C=O) groups is 1. The maximum atomic E-state index is 12.8. The van der Waals surface area contributed by atoms with Crippen molar-refractivity contribution in [2.75, 3.05) is 6.61 Å². The molecule has 0 radical (unpaired) electrons. The van der Waals surface area contributed by atoms with Crippen molar-refractivity contribution in [3.05, 3.63) is 35.4 Å². The fourth-order valence-electron chi connectivity index (χ4n) is 3.10. The van der Waals surface area contributed by atoms with Crippen molar-refractivity contribution < 1.29 is 27.1 Å². The van der Waals surface area contributed by atoms with Gasteiger partial charge in [-0.25, -0.2) is 13.6 Å². The van der Waals surface area contributed by atoms with Crippen LogP contribution in [0.1, 0.15) is 60.9 Å². The van der Waals surface area contributed by atoms with Gasteiger partial charge in [0.05, 0.1) is 5.56 Å². The first-order chi connectivity index (χ1) is 11.3. The number of carbonyl (C=O) groups excluding carboxylic acids is 1. The molecular formula is C18H22F4O2. The van der Waals surface area contributed by atoms with E-state index < -0.39 is 24.9 Å². The van der Waals surface area contributed by atoms with Crippen LogP contribution in [0.15, 0.2) is 24.3 Å². The van der Waals surface area contributed by atoms with Crippen LogP contribution in [0, 0.1) is 5.92 Å². The molecule has 1 saturated carbocycles.